The first kappa shape index (κ1) is 13.1. The summed E-state index contributed by atoms with van der Waals surface area (Å²) in [6, 6.07) is 7.35. The van der Waals surface area contributed by atoms with Crippen LogP contribution in [0.1, 0.15) is 49.2 Å². The second kappa shape index (κ2) is 7.27. The number of nitrogens with zero attached hydrogens (tertiary/aromatic N) is 1. The molecule has 25 heavy (non-hydrogen) atoms. The van der Waals surface area contributed by atoms with Gasteiger partial charge >= 0.3 is 164 Å². The van der Waals surface area contributed by atoms with Crippen LogP contribution in [0.3, 0.4) is 0 Å². The van der Waals surface area contributed by atoms with Crippen molar-refractivity contribution in [2.45, 2.75) is 63.1 Å². The minimum atomic E-state index is -2.33. The molecule has 0 saturated heterocycles. The van der Waals surface area contributed by atoms with Gasteiger partial charge in [0.15, 0.2) is 0 Å². The number of rotatable bonds is 4. The van der Waals surface area contributed by atoms with Crippen LogP contribution in [0.5, 0.6) is 0 Å². The van der Waals surface area contributed by atoms with Crippen LogP contribution in [0.25, 0.3) is 11.3 Å². The van der Waals surface area contributed by atoms with Crippen molar-refractivity contribution in [2.24, 2.45) is 13.0 Å². The van der Waals surface area contributed by atoms with Gasteiger partial charge in [-0.2, -0.15) is 0 Å². The van der Waals surface area contributed by atoms with Gasteiger partial charge in [-0.25, -0.2) is 0 Å². The predicted molar refractivity (Wildman–Crippen MR) is 111 cm³/mol. The Balaban J connectivity index is 2.20. The molecule has 1 aromatic carbocycles. The molecule has 1 aromatic heterocycles. The van der Waals surface area contributed by atoms with E-state index < -0.39 is 26.5 Å². The van der Waals surface area contributed by atoms with E-state index in [1.807, 2.05) is 20.0 Å². The van der Waals surface area contributed by atoms with E-state index in [4.69, 9.17) is 6.85 Å². The third kappa shape index (κ3) is 4.19. The van der Waals surface area contributed by atoms with Crippen LogP contribution in [0.15, 0.2) is 30.5 Å². The van der Waals surface area contributed by atoms with Gasteiger partial charge in [0.05, 0.1) is 0 Å². The van der Waals surface area contributed by atoms with Crippen LogP contribution in [-0.2, 0) is 13.4 Å². The van der Waals surface area contributed by atoms with E-state index in [-0.39, 0.29) is 5.92 Å². The van der Waals surface area contributed by atoms with Gasteiger partial charge in [0.2, 0.25) is 0 Å². The van der Waals surface area contributed by atoms with Crippen LogP contribution >= 0.6 is 0 Å². The molecule has 0 radical (unpaired) electrons. The summed E-state index contributed by atoms with van der Waals surface area (Å²) in [6.07, 6.45) is 4.92. The maximum absolute atomic E-state index is 9.10. The topological polar surface area (TPSA) is 3.88 Å². The number of pyridine rings is 1. The van der Waals surface area contributed by atoms with Crippen LogP contribution in [0, 0.1) is 19.7 Å². The van der Waals surface area contributed by atoms with Gasteiger partial charge in [-0.3, -0.25) is 0 Å². The summed E-state index contributed by atoms with van der Waals surface area (Å²) < 4.78 is 44.5. The Morgan fingerprint density at radius 2 is 1.92 bits per heavy atom. The van der Waals surface area contributed by atoms with Crippen molar-refractivity contribution < 1.29 is 11.4 Å². The molecule has 3 rings (SSSR count). The van der Waals surface area contributed by atoms with Gasteiger partial charge < -0.3 is 0 Å². The van der Waals surface area contributed by atoms with Crippen molar-refractivity contribution in [3.05, 3.63) is 47.2 Å². The number of hydrogen-bond acceptors (Lipinski definition) is 0. The fourth-order valence-electron chi connectivity index (χ4n) is 3.87. The Morgan fingerprint density at radius 3 is 2.52 bits per heavy atom. The zero-order valence-corrected chi connectivity index (χ0v) is 18.3. The second-order valence-electron chi connectivity index (χ2n) is 8.50. The maximum atomic E-state index is 9.10. The van der Waals surface area contributed by atoms with E-state index in [2.05, 4.69) is 34.1 Å². The Hall–Kier alpha value is -1.09. The molecule has 0 bridgehead atoms. The monoisotopic (exact) mass is 403 g/mol. The summed E-state index contributed by atoms with van der Waals surface area (Å²) in [4.78, 5) is 0. The number of aryl methyl sites for hydroxylation is 3. The molecule has 1 saturated carbocycles. The summed E-state index contributed by atoms with van der Waals surface area (Å²) in [7, 11) is 2.01. The van der Waals surface area contributed by atoms with Crippen LogP contribution in [0.4, 0.5) is 0 Å². The van der Waals surface area contributed by atoms with Gasteiger partial charge in [0.1, 0.15) is 0 Å². The van der Waals surface area contributed by atoms with Crippen molar-refractivity contribution in [2.75, 3.05) is 0 Å². The van der Waals surface area contributed by atoms with E-state index in [0.717, 1.165) is 48.1 Å². The molecule has 0 unspecified atom stereocenters. The molecule has 0 amide bonds. The number of hydrogen-bond donors (Lipinski definition) is 0. The number of benzene rings is 1. The zero-order valence-electron chi connectivity index (χ0n) is 21.2. The molecule has 1 heterocycles. The summed E-state index contributed by atoms with van der Waals surface area (Å²) in [5.41, 5.74) is 4.00. The molecule has 1 aliphatic carbocycles. The summed E-state index contributed by atoms with van der Waals surface area (Å²) >= 11 is -2.33. The van der Waals surface area contributed by atoms with Crippen molar-refractivity contribution in [3.63, 3.8) is 0 Å². The van der Waals surface area contributed by atoms with Gasteiger partial charge in [-0.05, 0) is 0 Å². The normalized spacial score (nSPS) is 19.8. The van der Waals surface area contributed by atoms with Gasteiger partial charge in [-0.15, -0.1) is 0 Å². The zero-order chi connectivity index (χ0) is 22.5. The van der Waals surface area contributed by atoms with E-state index in [0.29, 0.717) is 5.56 Å². The SMILES string of the molecule is [2H]C([2H])([2H])c1ccc(-c2cc(C([2H])([2H])C3CCCC3)[c]([Ge]([CH3])([CH3])[CH3])c[n+]2C)c(C)c1. The third-order valence-electron chi connectivity index (χ3n) is 5.30. The van der Waals surface area contributed by atoms with Crippen LogP contribution in [0.2, 0.25) is 17.3 Å². The standard InChI is InChI=1S/C23H34GeN/c1-17-11-12-21(18(2)13-17)23-15-20(14-19-9-7-8-10-19)22(16-25(23)6)24(3,4)5/h11-13,15-16,19H,7-10,14H2,1-6H3/q+1/i1D3,14D2. The average Bonchev–Trinajstić information content (AvgIpc) is 3.15. The van der Waals surface area contributed by atoms with Crippen molar-refractivity contribution in [1.82, 2.24) is 0 Å². The van der Waals surface area contributed by atoms with E-state index in [1.165, 1.54) is 4.40 Å². The van der Waals surface area contributed by atoms with Crippen molar-refractivity contribution >= 4 is 17.7 Å². The fraction of sp³-hybridized carbons (Fsp3) is 0.522. The molecular weight excluding hydrogens is 363 g/mol. The third-order valence-corrected chi connectivity index (χ3v) is 9.53. The Morgan fingerprint density at radius 1 is 1.20 bits per heavy atom. The quantitative estimate of drug-likeness (QED) is 0.497. The van der Waals surface area contributed by atoms with E-state index in [9.17, 15) is 0 Å². The molecule has 2 heteroatoms. The van der Waals surface area contributed by atoms with Gasteiger partial charge in [-0.1, -0.05) is 0 Å². The first-order valence-corrected chi connectivity index (χ1v) is 16.7. The van der Waals surface area contributed by atoms with Gasteiger partial charge in [0.25, 0.3) is 0 Å². The van der Waals surface area contributed by atoms with Gasteiger partial charge in [0, 0.05) is 0 Å². The van der Waals surface area contributed by atoms with Crippen LogP contribution in [-0.4, -0.2) is 13.3 Å². The average molecular weight is 402 g/mol. The Kier molecular flexibility index (Phi) is 3.82. The molecule has 134 valence electrons. The molecule has 0 atom stereocenters. The molecule has 2 aromatic rings. The predicted octanol–water partition coefficient (Wildman–Crippen LogP) is 5.07. The summed E-state index contributed by atoms with van der Waals surface area (Å²) in [5, 5.41) is 0. The van der Waals surface area contributed by atoms with E-state index >= 15 is 0 Å². The van der Waals surface area contributed by atoms with Crippen molar-refractivity contribution in [3.8, 4) is 11.3 Å². The fourth-order valence-corrected chi connectivity index (χ4v) is 7.09. The molecule has 0 N–H and O–H groups in total. The first-order chi connectivity index (χ1) is 13.7. The van der Waals surface area contributed by atoms with Crippen LogP contribution < -0.4 is 8.96 Å². The molecule has 0 aliphatic heterocycles. The number of aromatic nitrogens is 1. The van der Waals surface area contributed by atoms with Crippen molar-refractivity contribution in [1.29, 1.82) is 0 Å². The molecule has 1 nitrogen and oxygen atoms in total. The molecular formula is C23H34GeN+. The van der Waals surface area contributed by atoms with E-state index in [1.54, 1.807) is 12.1 Å². The molecule has 1 aliphatic rings. The second-order valence-corrected chi connectivity index (χ2v) is 19.1. The Bertz CT molecular complexity index is 938. The molecule has 1 fully saturated rings. The summed E-state index contributed by atoms with van der Waals surface area (Å²) in [6.45, 7) is -0.189. The minimum absolute atomic E-state index is 0.0700. The first-order valence-electron chi connectivity index (χ1n) is 11.9. The summed E-state index contributed by atoms with van der Waals surface area (Å²) in [5.74, 6) is 7.03. The Labute approximate surface area is 163 Å². The molecule has 0 spiro atoms.